The molecule has 1 fully saturated rings. The van der Waals surface area contributed by atoms with Crippen LogP contribution in [0.3, 0.4) is 0 Å². The van der Waals surface area contributed by atoms with Crippen LogP contribution >= 0.6 is 27.3 Å². The van der Waals surface area contributed by atoms with E-state index in [4.69, 9.17) is 0 Å². The van der Waals surface area contributed by atoms with Gasteiger partial charge in [-0.25, -0.2) is 9.97 Å². The first-order chi connectivity index (χ1) is 11.7. The number of aromatic nitrogens is 2. The molecule has 1 saturated heterocycles. The fourth-order valence-corrected chi connectivity index (χ4v) is 4.21. The Balaban J connectivity index is 1.47. The quantitative estimate of drug-likeness (QED) is 0.658. The van der Waals surface area contributed by atoms with Gasteiger partial charge >= 0.3 is 0 Å². The lowest BCUT2D eigenvalue weighted by atomic mass is 10.2. The van der Waals surface area contributed by atoms with Gasteiger partial charge in [-0.05, 0) is 40.2 Å². The molecule has 3 heterocycles. The number of halogens is 1. The summed E-state index contributed by atoms with van der Waals surface area (Å²) in [6.45, 7) is 2.97. The summed E-state index contributed by atoms with van der Waals surface area (Å²) in [6.07, 6.45) is 1.79. The monoisotopic (exact) mass is 402 g/mol. The molecule has 0 atom stereocenters. The van der Waals surface area contributed by atoms with E-state index in [0.717, 1.165) is 38.6 Å². The first kappa shape index (κ1) is 15.5. The first-order valence-corrected chi connectivity index (χ1v) is 9.33. The lowest BCUT2D eigenvalue weighted by molar-refractivity contribution is 0.0746. The molecule has 0 unspecified atom stereocenters. The van der Waals surface area contributed by atoms with Crippen LogP contribution in [0.15, 0.2) is 47.1 Å². The average Bonchev–Trinajstić information content (AvgIpc) is 3.06. The van der Waals surface area contributed by atoms with Crippen molar-refractivity contribution < 1.29 is 4.79 Å². The van der Waals surface area contributed by atoms with Crippen molar-refractivity contribution in [1.29, 1.82) is 0 Å². The van der Waals surface area contributed by atoms with Crippen molar-refractivity contribution in [1.82, 2.24) is 14.9 Å². The molecule has 1 aromatic carbocycles. The van der Waals surface area contributed by atoms with E-state index >= 15 is 0 Å². The van der Waals surface area contributed by atoms with Crippen molar-refractivity contribution in [3.05, 3.63) is 52.6 Å². The highest BCUT2D eigenvalue weighted by molar-refractivity contribution is 9.10. The fourth-order valence-electron chi connectivity index (χ4n) is 2.80. The Kier molecular flexibility index (Phi) is 4.20. The zero-order valence-corrected chi connectivity index (χ0v) is 15.3. The summed E-state index contributed by atoms with van der Waals surface area (Å²) in [7, 11) is 0. The van der Waals surface area contributed by atoms with Gasteiger partial charge in [0.05, 0.1) is 5.56 Å². The molecular formula is C17H15BrN4OS. The summed E-state index contributed by atoms with van der Waals surface area (Å²) in [5.74, 6) is 0.0769. The topological polar surface area (TPSA) is 49.3 Å². The van der Waals surface area contributed by atoms with E-state index in [2.05, 4.69) is 30.8 Å². The minimum Gasteiger partial charge on any atom is -0.344 e. The number of carbonyl (C=O) groups excluding carboxylic acids is 1. The summed E-state index contributed by atoms with van der Waals surface area (Å²) < 4.78 is 0.842. The first-order valence-electron chi connectivity index (χ1n) is 7.73. The summed E-state index contributed by atoms with van der Waals surface area (Å²) in [5.41, 5.74) is 1.65. The van der Waals surface area contributed by atoms with Crippen molar-refractivity contribution in [3.8, 4) is 0 Å². The van der Waals surface area contributed by atoms with Gasteiger partial charge in [0, 0.05) is 36.8 Å². The molecule has 1 aliphatic rings. The molecule has 1 amide bonds. The number of thiazole rings is 1. The maximum Gasteiger partial charge on any atom is 0.255 e. The third-order valence-corrected chi connectivity index (χ3v) is 5.83. The summed E-state index contributed by atoms with van der Waals surface area (Å²) >= 11 is 5.06. The third kappa shape index (κ3) is 2.89. The highest BCUT2D eigenvalue weighted by Gasteiger charge is 2.24. The maximum atomic E-state index is 12.7. The predicted octanol–water partition coefficient (Wildman–Crippen LogP) is 3.42. The van der Waals surface area contributed by atoms with E-state index in [9.17, 15) is 4.79 Å². The van der Waals surface area contributed by atoms with Crippen molar-refractivity contribution in [3.63, 3.8) is 0 Å². The Morgan fingerprint density at radius 3 is 2.62 bits per heavy atom. The van der Waals surface area contributed by atoms with Gasteiger partial charge in [-0.15, -0.1) is 0 Å². The standard InChI is InChI=1S/C17H15BrN4OS/c18-13-5-2-1-4-12(13)16(23)21-8-10-22(11-9-21)17-20-14-6-3-7-19-15(14)24-17/h1-7H,8-11H2. The molecule has 3 aromatic rings. The zero-order chi connectivity index (χ0) is 16.5. The number of benzene rings is 1. The van der Waals surface area contributed by atoms with Gasteiger partial charge in [0.1, 0.15) is 10.3 Å². The molecule has 0 spiro atoms. The van der Waals surface area contributed by atoms with E-state index < -0.39 is 0 Å². The molecule has 5 nitrogen and oxygen atoms in total. The van der Waals surface area contributed by atoms with E-state index in [1.807, 2.05) is 41.3 Å². The molecule has 24 heavy (non-hydrogen) atoms. The van der Waals surface area contributed by atoms with Crippen LogP contribution in [0.1, 0.15) is 10.4 Å². The van der Waals surface area contributed by atoms with E-state index in [1.165, 1.54) is 0 Å². The number of pyridine rings is 1. The van der Waals surface area contributed by atoms with Crippen molar-refractivity contribution in [2.45, 2.75) is 0 Å². The molecule has 4 rings (SSSR count). The minimum absolute atomic E-state index is 0.0769. The predicted molar refractivity (Wildman–Crippen MR) is 99.7 cm³/mol. The number of piperazine rings is 1. The highest BCUT2D eigenvalue weighted by Crippen LogP contribution is 2.28. The van der Waals surface area contributed by atoms with Crippen LogP contribution in [-0.4, -0.2) is 47.0 Å². The van der Waals surface area contributed by atoms with E-state index in [-0.39, 0.29) is 5.91 Å². The number of carbonyl (C=O) groups is 1. The number of fused-ring (bicyclic) bond motifs is 1. The molecule has 0 aliphatic carbocycles. The van der Waals surface area contributed by atoms with Gasteiger partial charge in [0.25, 0.3) is 5.91 Å². The van der Waals surface area contributed by atoms with E-state index in [0.29, 0.717) is 13.1 Å². The Hall–Kier alpha value is -1.99. The molecule has 0 bridgehead atoms. The lowest BCUT2D eigenvalue weighted by Gasteiger charge is -2.34. The molecule has 122 valence electrons. The molecule has 7 heteroatoms. The number of hydrogen-bond donors (Lipinski definition) is 0. The summed E-state index contributed by atoms with van der Waals surface area (Å²) in [4.78, 5) is 26.8. The van der Waals surface area contributed by atoms with Crippen LogP contribution in [0.4, 0.5) is 5.13 Å². The van der Waals surface area contributed by atoms with Crippen LogP contribution in [0.5, 0.6) is 0 Å². The van der Waals surface area contributed by atoms with Gasteiger partial charge in [-0.2, -0.15) is 0 Å². The van der Waals surface area contributed by atoms with Gasteiger partial charge in [0.2, 0.25) is 0 Å². The van der Waals surface area contributed by atoms with Crippen LogP contribution in [0.25, 0.3) is 10.3 Å². The van der Waals surface area contributed by atoms with Crippen LogP contribution in [0, 0.1) is 0 Å². The summed E-state index contributed by atoms with van der Waals surface area (Å²) in [5, 5.41) is 0.983. The number of amides is 1. The largest absolute Gasteiger partial charge is 0.344 e. The average molecular weight is 403 g/mol. The van der Waals surface area contributed by atoms with Crippen LogP contribution in [-0.2, 0) is 0 Å². The second-order valence-electron chi connectivity index (χ2n) is 5.58. The van der Waals surface area contributed by atoms with E-state index in [1.54, 1.807) is 17.5 Å². The van der Waals surface area contributed by atoms with Gasteiger partial charge < -0.3 is 9.80 Å². The van der Waals surface area contributed by atoms with Crippen LogP contribution < -0.4 is 4.90 Å². The summed E-state index contributed by atoms with van der Waals surface area (Å²) in [6, 6.07) is 11.5. The fraction of sp³-hybridized carbons (Fsp3) is 0.235. The van der Waals surface area contributed by atoms with Gasteiger partial charge in [0.15, 0.2) is 5.13 Å². The Morgan fingerprint density at radius 1 is 1.08 bits per heavy atom. The molecule has 2 aromatic heterocycles. The number of anilines is 1. The highest BCUT2D eigenvalue weighted by atomic mass is 79.9. The van der Waals surface area contributed by atoms with Crippen molar-refractivity contribution >= 4 is 48.7 Å². The van der Waals surface area contributed by atoms with Gasteiger partial charge in [-0.3, -0.25) is 4.79 Å². The molecule has 1 aliphatic heterocycles. The Labute approximate surface area is 152 Å². The van der Waals surface area contributed by atoms with Crippen molar-refractivity contribution in [2.24, 2.45) is 0 Å². The normalized spacial score (nSPS) is 15.0. The Morgan fingerprint density at radius 2 is 1.88 bits per heavy atom. The maximum absolute atomic E-state index is 12.7. The Bertz CT molecular complexity index is 856. The molecule has 0 radical (unpaired) electrons. The number of nitrogens with zero attached hydrogens (tertiary/aromatic N) is 4. The smallest absolute Gasteiger partial charge is 0.255 e. The third-order valence-electron chi connectivity index (χ3n) is 4.10. The second kappa shape index (κ2) is 6.49. The van der Waals surface area contributed by atoms with Crippen LogP contribution in [0.2, 0.25) is 0 Å². The molecular weight excluding hydrogens is 388 g/mol. The molecule has 0 saturated carbocycles. The van der Waals surface area contributed by atoms with Gasteiger partial charge in [-0.1, -0.05) is 23.5 Å². The zero-order valence-electron chi connectivity index (χ0n) is 12.9. The SMILES string of the molecule is O=C(c1ccccc1Br)N1CCN(c2nc3cccnc3s2)CC1. The number of rotatable bonds is 2. The second-order valence-corrected chi connectivity index (χ2v) is 7.39. The minimum atomic E-state index is 0.0769. The number of hydrogen-bond acceptors (Lipinski definition) is 5. The lowest BCUT2D eigenvalue weighted by Crippen LogP contribution is -2.48. The molecule has 0 N–H and O–H groups in total. The van der Waals surface area contributed by atoms with Crippen molar-refractivity contribution in [2.75, 3.05) is 31.1 Å².